The first-order chi connectivity index (χ1) is 15.3. The molecule has 0 heterocycles. The third kappa shape index (κ3) is 2.68. The topological polar surface area (TPSA) is 17.1 Å². The molecule has 0 aromatic heterocycles. The number of hydrogen-bond acceptors (Lipinski definition) is 2. The number of hydrogen-bond donors (Lipinski definition) is 0. The molecule has 0 saturated heterocycles. The molecule has 0 radical (unpaired) electrons. The Labute approximate surface area is 187 Å². The molecule has 0 aliphatic heterocycles. The van der Waals surface area contributed by atoms with Crippen molar-refractivity contribution in [2.75, 3.05) is 5.75 Å². The number of rotatable bonds is 4. The van der Waals surface area contributed by atoms with E-state index in [0.29, 0.717) is 5.92 Å². The lowest BCUT2D eigenvalue weighted by Crippen LogP contribution is -2.42. The lowest BCUT2D eigenvalue weighted by atomic mass is 9.52. The fourth-order valence-corrected chi connectivity index (χ4v) is 6.60. The molecule has 0 spiro atoms. The molecule has 2 heteroatoms. The molecule has 2 bridgehead atoms. The molecule has 4 aromatic rings. The van der Waals surface area contributed by atoms with Crippen LogP contribution in [-0.2, 0) is 5.41 Å². The van der Waals surface area contributed by atoms with Gasteiger partial charge in [0.2, 0.25) is 5.12 Å². The van der Waals surface area contributed by atoms with Crippen LogP contribution in [-0.4, -0.2) is 10.9 Å². The summed E-state index contributed by atoms with van der Waals surface area (Å²) >= 11 is 1.44. The van der Waals surface area contributed by atoms with E-state index in [4.69, 9.17) is 0 Å². The Morgan fingerprint density at radius 1 is 0.645 bits per heavy atom. The van der Waals surface area contributed by atoms with Crippen LogP contribution >= 0.6 is 11.8 Å². The average Bonchev–Trinajstić information content (AvgIpc) is 2.85. The molecule has 4 aromatic carbocycles. The predicted octanol–water partition coefficient (Wildman–Crippen LogP) is 6.79. The van der Waals surface area contributed by atoms with Crippen LogP contribution in [0.5, 0.6) is 0 Å². The van der Waals surface area contributed by atoms with Gasteiger partial charge in [0, 0.05) is 22.6 Å². The Morgan fingerprint density at radius 2 is 1.10 bits per heavy atom. The normalized spacial score (nSPS) is 19.9. The molecule has 150 valence electrons. The smallest absolute Gasteiger partial charge is 0.219 e. The maximum Gasteiger partial charge on any atom is 0.219 e. The van der Waals surface area contributed by atoms with E-state index < -0.39 is 0 Å². The van der Waals surface area contributed by atoms with Crippen molar-refractivity contribution in [3.05, 3.63) is 142 Å². The van der Waals surface area contributed by atoms with Crippen molar-refractivity contribution in [3.8, 4) is 0 Å². The summed E-state index contributed by atoms with van der Waals surface area (Å²) in [5.74, 6) is 1.07. The van der Waals surface area contributed by atoms with Crippen LogP contribution in [0.1, 0.15) is 56.1 Å². The van der Waals surface area contributed by atoms with Gasteiger partial charge in [-0.3, -0.25) is 4.79 Å². The van der Waals surface area contributed by atoms with E-state index in [9.17, 15) is 4.79 Å². The average molecular weight is 419 g/mol. The van der Waals surface area contributed by atoms with Gasteiger partial charge in [-0.15, -0.1) is 0 Å². The molecule has 0 amide bonds. The van der Waals surface area contributed by atoms with Crippen molar-refractivity contribution in [1.29, 1.82) is 0 Å². The standard InChI is InChI=1S/C29H22OS/c30-28(20-10-2-1-3-11-20)31-19-18-29-24-15-7-4-12-21(24)27(22-13-5-8-16-25(22)29)23-14-6-9-17-26(23)29/h1-17,27H,18-19H2. The van der Waals surface area contributed by atoms with Crippen LogP contribution in [0.3, 0.4) is 0 Å². The van der Waals surface area contributed by atoms with Gasteiger partial charge in [0.1, 0.15) is 0 Å². The molecular weight excluding hydrogens is 396 g/mol. The van der Waals surface area contributed by atoms with Crippen LogP contribution < -0.4 is 0 Å². The van der Waals surface area contributed by atoms with Crippen molar-refractivity contribution in [2.45, 2.75) is 17.8 Å². The van der Waals surface area contributed by atoms with Crippen molar-refractivity contribution >= 4 is 16.9 Å². The van der Waals surface area contributed by atoms with Crippen LogP contribution in [0, 0.1) is 0 Å². The van der Waals surface area contributed by atoms with Gasteiger partial charge in [0.15, 0.2) is 0 Å². The van der Waals surface area contributed by atoms with Crippen molar-refractivity contribution < 1.29 is 4.79 Å². The molecule has 0 atom stereocenters. The van der Waals surface area contributed by atoms with E-state index in [1.807, 2.05) is 30.3 Å². The minimum Gasteiger partial charge on any atom is -0.282 e. The molecule has 7 rings (SSSR count). The second-order valence-electron chi connectivity index (χ2n) is 8.35. The minimum absolute atomic E-state index is 0.149. The van der Waals surface area contributed by atoms with Crippen molar-refractivity contribution in [1.82, 2.24) is 0 Å². The first-order valence-corrected chi connectivity index (χ1v) is 11.8. The van der Waals surface area contributed by atoms with Crippen LogP contribution in [0.25, 0.3) is 0 Å². The minimum atomic E-state index is -0.206. The Kier molecular flexibility index (Phi) is 4.36. The first-order valence-electron chi connectivity index (χ1n) is 10.8. The molecule has 0 unspecified atom stereocenters. The summed E-state index contributed by atoms with van der Waals surface area (Å²) in [6.45, 7) is 0. The Hall–Kier alpha value is -3.10. The van der Waals surface area contributed by atoms with Gasteiger partial charge in [-0.05, 0) is 39.8 Å². The molecule has 1 nitrogen and oxygen atoms in total. The molecule has 0 fully saturated rings. The highest BCUT2D eigenvalue weighted by Crippen LogP contribution is 2.60. The van der Waals surface area contributed by atoms with Crippen LogP contribution in [0.2, 0.25) is 0 Å². The fourth-order valence-electron chi connectivity index (χ4n) is 5.71. The Bertz CT molecular complexity index is 1180. The summed E-state index contributed by atoms with van der Waals surface area (Å²) in [4.78, 5) is 12.8. The Morgan fingerprint density at radius 3 is 1.61 bits per heavy atom. The summed E-state index contributed by atoms with van der Waals surface area (Å²) in [6.07, 6.45) is 0.897. The highest BCUT2D eigenvalue weighted by atomic mass is 32.2. The van der Waals surface area contributed by atoms with E-state index in [2.05, 4.69) is 72.8 Å². The Balaban J connectivity index is 1.46. The van der Waals surface area contributed by atoms with Gasteiger partial charge in [0.05, 0.1) is 0 Å². The summed E-state index contributed by atoms with van der Waals surface area (Å²) in [7, 11) is 0. The SMILES string of the molecule is O=C(SCCC12c3ccccc3C(c3ccccc31)c1ccccc12)c1ccccc1. The summed E-state index contributed by atoms with van der Waals surface area (Å²) in [6, 6.07) is 36.4. The van der Waals surface area contributed by atoms with E-state index in [-0.39, 0.29) is 10.5 Å². The number of thioether (sulfide) groups is 1. The zero-order valence-electron chi connectivity index (χ0n) is 17.1. The van der Waals surface area contributed by atoms with Gasteiger partial charge in [-0.1, -0.05) is 115 Å². The largest absolute Gasteiger partial charge is 0.282 e. The third-order valence-corrected chi connectivity index (χ3v) is 7.82. The van der Waals surface area contributed by atoms with Gasteiger partial charge in [0.25, 0.3) is 0 Å². The molecule has 0 N–H and O–H groups in total. The van der Waals surface area contributed by atoms with Crippen molar-refractivity contribution in [2.24, 2.45) is 0 Å². The molecule has 0 saturated carbocycles. The molecule has 3 aliphatic carbocycles. The monoisotopic (exact) mass is 418 g/mol. The van der Waals surface area contributed by atoms with E-state index in [1.165, 1.54) is 45.1 Å². The second-order valence-corrected chi connectivity index (χ2v) is 9.42. The van der Waals surface area contributed by atoms with Gasteiger partial charge in [-0.2, -0.15) is 0 Å². The number of carbonyl (C=O) groups is 1. The van der Waals surface area contributed by atoms with Gasteiger partial charge in [-0.25, -0.2) is 0 Å². The maximum atomic E-state index is 12.8. The molecule has 3 aliphatic rings. The number of benzene rings is 4. The zero-order valence-corrected chi connectivity index (χ0v) is 17.9. The lowest BCUT2D eigenvalue weighted by Gasteiger charge is -2.51. The second kappa shape index (κ2) is 7.25. The highest BCUT2D eigenvalue weighted by molar-refractivity contribution is 8.14. The lowest BCUT2D eigenvalue weighted by molar-refractivity contribution is 0.108. The zero-order chi connectivity index (χ0) is 20.8. The fraction of sp³-hybridized carbons (Fsp3) is 0.138. The first kappa shape index (κ1) is 18.7. The summed E-state index contributed by atoms with van der Waals surface area (Å²) in [5, 5.41) is 0.149. The molecular formula is C29H22OS. The highest BCUT2D eigenvalue weighted by Gasteiger charge is 2.50. The van der Waals surface area contributed by atoms with Crippen LogP contribution in [0.4, 0.5) is 0 Å². The van der Waals surface area contributed by atoms with E-state index in [0.717, 1.165) is 17.7 Å². The maximum absolute atomic E-state index is 12.8. The number of carbonyl (C=O) groups excluding carboxylic acids is 1. The predicted molar refractivity (Wildman–Crippen MR) is 128 cm³/mol. The van der Waals surface area contributed by atoms with E-state index >= 15 is 0 Å². The molecule has 31 heavy (non-hydrogen) atoms. The third-order valence-electron chi connectivity index (χ3n) is 6.91. The quantitative estimate of drug-likeness (QED) is 0.363. The van der Waals surface area contributed by atoms with Crippen LogP contribution in [0.15, 0.2) is 103 Å². The van der Waals surface area contributed by atoms with Gasteiger partial charge >= 0.3 is 0 Å². The van der Waals surface area contributed by atoms with Gasteiger partial charge < -0.3 is 0 Å². The summed E-state index contributed by atoms with van der Waals surface area (Å²) < 4.78 is 0. The summed E-state index contributed by atoms with van der Waals surface area (Å²) in [5.41, 5.74) is 9.04. The van der Waals surface area contributed by atoms with Crippen molar-refractivity contribution in [3.63, 3.8) is 0 Å². The van der Waals surface area contributed by atoms with E-state index in [1.54, 1.807) is 0 Å².